The van der Waals surface area contributed by atoms with Crippen molar-refractivity contribution in [2.75, 3.05) is 25.1 Å². The van der Waals surface area contributed by atoms with Crippen LogP contribution in [0, 0.1) is 0 Å². The summed E-state index contributed by atoms with van der Waals surface area (Å²) in [5.41, 5.74) is 0.632. The number of sulfone groups is 1. The van der Waals surface area contributed by atoms with Gasteiger partial charge in [0, 0.05) is 31.1 Å². The lowest BCUT2D eigenvalue weighted by atomic mass is 10.2. The second-order valence-corrected chi connectivity index (χ2v) is 10.3. The highest BCUT2D eigenvalue weighted by molar-refractivity contribution is 8.18. The van der Waals surface area contributed by atoms with Crippen LogP contribution in [-0.2, 0) is 19.4 Å². The molecule has 10 heteroatoms. The van der Waals surface area contributed by atoms with Gasteiger partial charge in [-0.25, -0.2) is 8.42 Å². The largest absolute Gasteiger partial charge is 0.342 e. The van der Waals surface area contributed by atoms with E-state index in [-0.39, 0.29) is 41.3 Å². The number of nitrogens with zero attached hydrogens (tertiary/aromatic N) is 2. The molecule has 0 aromatic heterocycles. The minimum atomic E-state index is -3.10. The molecule has 1 aromatic rings. The van der Waals surface area contributed by atoms with E-state index in [2.05, 4.69) is 0 Å². The van der Waals surface area contributed by atoms with Crippen LogP contribution in [0.15, 0.2) is 29.2 Å². The molecular weight excluding hydrogens is 424 g/mol. The molecule has 3 amide bonds. The predicted octanol–water partition coefficient (Wildman–Crippen LogP) is 2.41. The van der Waals surface area contributed by atoms with Gasteiger partial charge >= 0.3 is 0 Å². The van der Waals surface area contributed by atoms with Crippen molar-refractivity contribution in [1.29, 1.82) is 0 Å². The van der Waals surface area contributed by atoms with E-state index in [1.165, 1.54) is 4.90 Å². The van der Waals surface area contributed by atoms with Gasteiger partial charge in [-0.2, -0.15) is 0 Å². The van der Waals surface area contributed by atoms with Gasteiger partial charge in [0.1, 0.15) is 0 Å². The number of imide groups is 1. The molecule has 1 aromatic carbocycles. The molecule has 7 nitrogen and oxygen atoms in total. The lowest BCUT2D eigenvalue weighted by Crippen LogP contribution is -2.40. The molecule has 2 fully saturated rings. The number of hydrogen-bond acceptors (Lipinski definition) is 6. The average Bonchev–Trinajstić information content (AvgIpc) is 3.13. The number of carbonyl (C=O) groups excluding carboxylic acids is 3. The lowest BCUT2D eigenvalue weighted by molar-refractivity contribution is -0.132. The van der Waals surface area contributed by atoms with Crippen LogP contribution in [0.5, 0.6) is 0 Å². The molecule has 0 unspecified atom stereocenters. The first kappa shape index (κ1) is 20.9. The highest BCUT2D eigenvalue weighted by Gasteiger charge is 2.36. The van der Waals surface area contributed by atoms with Crippen molar-refractivity contribution in [3.05, 3.63) is 39.8 Å². The van der Waals surface area contributed by atoms with Crippen molar-refractivity contribution in [3.63, 3.8) is 0 Å². The molecule has 2 heterocycles. The molecule has 0 radical (unpaired) electrons. The number of amides is 3. The van der Waals surface area contributed by atoms with E-state index in [9.17, 15) is 22.8 Å². The predicted molar refractivity (Wildman–Crippen MR) is 109 cm³/mol. The van der Waals surface area contributed by atoms with Crippen LogP contribution >= 0.6 is 23.4 Å². The smallest absolute Gasteiger partial charge is 0.293 e. The quantitative estimate of drug-likeness (QED) is 0.650. The summed E-state index contributed by atoms with van der Waals surface area (Å²) in [5.74, 6) is -0.729. The first-order valence-corrected chi connectivity index (χ1v) is 11.7. The molecule has 0 aliphatic carbocycles. The van der Waals surface area contributed by atoms with E-state index in [0.717, 1.165) is 16.7 Å². The monoisotopic (exact) mass is 442 g/mol. The molecule has 150 valence electrons. The lowest BCUT2D eigenvalue weighted by Gasteiger charge is -2.24. The molecule has 28 heavy (non-hydrogen) atoms. The van der Waals surface area contributed by atoms with E-state index in [1.807, 2.05) is 0 Å². The standard InChI is InChI=1S/C18H19ClN2O5S2/c1-20(13-7-9-28(25,26)11-13)16(22)6-8-21-17(23)15(27-18(21)24)10-12-4-2-3-5-14(12)19/h2-5,10,13H,6-9,11H2,1H3/b15-10-/t13-/m0/s1. The Kier molecular flexibility index (Phi) is 6.16. The normalized spacial score (nSPS) is 22.9. The zero-order chi connectivity index (χ0) is 20.5. The molecule has 1 atom stereocenters. The van der Waals surface area contributed by atoms with Crippen LogP contribution in [-0.4, -0.2) is 66.4 Å². The second kappa shape index (κ2) is 8.26. The van der Waals surface area contributed by atoms with Gasteiger partial charge in [-0.3, -0.25) is 19.3 Å². The highest BCUT2D eigenvalue weighted by atomic mass is 35.5. The molecule has 0 spiro atoms. The summed E-state index contributed by atoms with van der Waals surface area (Å²) in [6.45, 7) is -0.0484. The van der Waals surface area contributed by atoms with Crippen molar-refractivity contribution < 1.29 is 22.8 Å². The van der Waals surface area contributed by atoms with Crippen LogP contribution in [0.25, 0.3) is 6.08 Å². The third-order valence-corrected chi connectivity index (χ3v) is 7.77. The maximum Gasteiger partial charge on any atom is 0.293 e. The number of benzene rings is 1. The summed E-state index contributed by atoms with van der Waals surface area (Å²) in [5, 5.41) is 0.0276. The number of hydrogen-bond donors (Lipinski definition) is 0. The maximum absolute atomic E-state index is 12.5. The van der Waals surface area contributed by atoms with Crippen molar-refractivity contribution in [2.45, 2.75) is 18.9 Å². The fourth-order valence-electron chi connectivity index (χ4n) is 3.09. The van der Waals surface area contributed by atoms with Crippen LogP contribution in [0.4, 0.5) is 4.79 Å². The van der Waals surface area contributed by atoms with Crippen LogP contribution in [0.1, 0.15) is 18.4 Å². The SMILES string of the molecule is CN(C(=O)CCN1C(=O)S/C(=C\c2ccccc2Cl)C1=O)[C@H]1CCS(=O)(=O)C1. The molecule has 0 N–H and O–H groups in total. The Morgan fingerprint density at radius 3 is 2.71 bits per heavy atom. The average molecular weight is 443 g/mol. The maximum atomic E-state index is 12.5. The van der Waals surface area contributed by atoms with Crippen LogP contribution in [0.2, 0.25) is 5.02 Å². The third-order valence-electron chi connectivity index (χ3n) is 4.76. The number of rotatable bonds is 5. The van der Waals surface area contributed by atoms with Crippen molar-refractivity contribution in [3.8, 4) is 0 Å². The summed E-state index contributed by atoms with van der Waals surface area (Å²) < 4.78 is 23.2. The molecule has 2 aliphatic heterocycles. The minimum Gasteiger partial charge on any atom is -0.342 e. The van der Waals surface area contributed by atoms with Crippen molar-refractivity contribution in [2.24, 2.45) is 0 Å². The zero-order valence-electron chi connectivity index (χ0n) is 15.1. The minimum absolute atomic E-state index is 0.0443. The fourth-order valence-corrected chi connectivity index (χ4v) is 5.92. The summed E-state index contributed by atoms with van der Waals surface area (Å²) >= 11 is 6.89. The number of thioether (sulfide) groups is 1. The third kappa shape index (κ3) is 4.59. The molecule has 0 bridgehead atoms. The van der Waals surface area contributed by atoms with E-state index in [1.54, 1.807) is 37.4 Å². The fraction of sp³-hybridized carbons (Fsp3) is 0.389. The Balaban J connectivity index is 1.62. The highest BCUT2D eigenvalue weighted by Crippen LogP contribution is 2.33. The van der Waals surface area contributed by atoms with Gasteiger partial charge in [0.25, 0.3) is 11.1 Å². The molecule has 3 rings (SSSR count). The van der Waals surface area contributed by atoms with Crippen LogP contribution in [0.3, 0.4) is 0 Å². The second-order valence-electron chi connectivity index (χ2n) is 6.67. The Labute approximate surface area is 172 Å². The summed E-state index contributed by atoms with van der Waals surface area (Å²) in [6, 6.07) is 6.62. The van der Waals surface area contributed by atoms with Gasteiger partial charge in [0.2, 0.25) is 5.91 Å². The summed E-state index contributed by atoms with van der Waals surface area (Å²) in [6.07, 6.45) is 1.92. The van der Waals surface area contributed by atoms with Gasteiger partial charge < -0.3 is 4.90 Å². The van der Waals surface area contributed by atoms with E-state index >= 15 is 0 Å². The van der Waals surface area contributed by atoms with Crippen LogP contribution < -0.4 is 0 Å². The van der Waals surface area contributed by atoms with Gasteiger partial charge in [0.05, 0.1) is 16.4 Å². The molecule has 2 saturated heterocycles. The Hall–Kier alpha value is -1.84. The van der Waals surface area contributed by atoms with Crippen molar-refractivity contribution in [1.82, 2.24) is 9.80 Å². The first-order chi connectivity index (χ1) is 13.2. The molecule has 2 aliphatic rings. The Morgan fingerprint density at radius 2 is 2.07 bits per heavy atom. The Morgan fingerprint density at radius 1 is 1.36 bits per heavy atom. The summed E-state index contributed by atoms with van der Waals surface area (Å²) in [7, 11) is -1.54. The van der Waals surface area contributed by atoms with Gasteiger partial charge in [-0.05, 0) is 35.9 Å². The first-order valence-electron chi connectivity index (χ1n) is 8.64. The summed E-state index contributed by atoms with van der Waals surface area (Å²) in [4.78, 5) is 39.8. The molecule has 0 saturated carbocycles. The van der Waals surface area contributed by atoms with Crippen molar-refractivity contribution >= 4 is 56.3 Å². The van der Waals surface area contributed by atoms with Gasteiger partial charge in [-0.15, -0.1) is 0 Å². The van der Waals surface area contributed by atoms with Gasteiger partial charge in [-0.1, -0.05) is 29.8 Å². The van der Waals surface area contributed by atoms with E-state index in [4.69, 9.17) is 11.6 Å². The topological polar surface area (TPSA) is 91.8 Å². The molecular formula is C18H19ClN2O5S2. The Bertz CT molecular complexity index is 960. The number of carbonyl (C=O) groups is 3. The van der Waals surface area contributed by atoms with E-state index < -0.39 is 21.0 Å². The van der Waals surface area contributed by atoms with Gasteiger partial charge in [0.15, 0.2) is 9.84 Å². The number of halogens is 1. The van der Waals surface area contributed by atoms with E-state index in [0.29, 0.717) is 17.0 Å². The zero-order valence-corrected chi connectivity index (χ0v) is 17.5.